The number of hydrogen-bond donors (Lipinski definition) is 1. The monoisotopic (exact) mass is 458 g/mol. The average molecular weight is 459 g/mol. The molecule has 2 atom stereocenters. The lowest BCUT2D eigenvalue weighted by molar-refractivity contribution is -0.00894. The summed E-state index contributed by atoms with van der Waals surface area (Å²) < 4.78 is 1.59. The number of hydrogen-bond acceptors (Lipinski definition) is 5. The van der Waals surface area contributed by atoms with E-state index < -0.39 is 5.60 Å². The first-order valence-corrected chi connectivity index (χ1v) is 11.3. The first-order chi connectivity index (χ1) is 14.4. The van der Waals surface area contributed by atoms with Crippen LogP contribution < -0.4 is 0 Å². The van der Waals surface area contributed by atoms with Crippen molar-refractivity contribution in [1.29, 1.82) is 0 Å². The molecule has 0 fully saturated rings. The van der Waals surface area contributed by atoms with Crippen LogP contribution in [0.1, 0.15) is 24.1 Å². The quantitative estimate of drug-likeness (QED) is 0.383. The third kappa shape index (κ3) is 4.05. The smallest absolute Gasteiger partial charge is 0.137 e. The van der Waals surface area contributed by atoms with E-state index in [2.05, 4.69) is 16.1 Å². The second-order valence-corrected chi connectivity index (χ2v) is 8.88. The lowest BCUT2D eigenvalue weighted by Crippen LogP contribution is -2.38. The Hall–Kier alpha value is -2.12. The number of halogens is 2. The third-order valence-electron chi connectivity index (χ3n) is 5.35. The largest absolute Gasteiger partial charge is 0.382 e. The summed E-state index contributed by atoms with van der Waals surface area (Å²) in [6, 6.07) is 15.3. The normalized spacial score (nSPS) is 14.6. The standard InChI is InChI=1S/C22H20Cl2N4OS/c1-14(20-7-3-15-9-17(30-2)5-8-21(15)27-20)22(29,11-28-13-25-12-26-28)18-6-4-16(23)10-19(18)24/h3-10,12-14,29H,11H2,1-2H3. The molecular weight excluding hydrogens is 439 g/mol. The molecule has 0 spiro atoms. The number of thioether (sulfide) groups is 1. The van der Waals surface area contributed by atoms with E-state index in [0.717, 1.165) is 16.6 Å². The molecule has 5 nitrogen and oxygen atoms in total. The summed E-state index contributed by atoms with van der Waals surface area (Å²) in [5, 5.41) is 18.1. The number of aromatic nitrogens is 4. The number of nitrogens with zero attached hydrogens (tertiary/aromatic N) is 4. The molecule has 0 radical (unpaired) electrons. The van der Waals surface area contributed by atoms with Crippen molar-refractivity contribution in [1.82, 2.24) is 19.7 Å². The van der Waals surface area contributed by atoms with Gasteiger partial charge >= 0.3 is 0 Å². The number of pyridine rings is 1. The van der Waals surface area contributed by atoms with E-state index in [9.17, 15) is 5.11 Å². The van der Waals surface area contributed by atoms with Crippen LogP contribution in [0.2, 0.25) is 10.0 Å². The second-order valence-electron chi connectivity index (χ2n) is 7.16. The maximum Gasteiger partial charge on any atom is 0.137 e. The molecule has 0 saturated heterocycles. The molecule has 2 aromatic carbocycles. The van der Waals surface area contributed by atoms with E-state index in [4.69, 9.17) is 28.2 Å². The molecule has 4 rings (SSSR count). The predicted octanol–water partition coefficient (Wildman–Crippen LogP) is 5.55. The number of rotatable bonds is 6. The summed E-state index contributed by atoms with van der Waals surface area (Å²) in [6.07, 6.45) is 5.05. The van der Waals surface area contributed by atoms with E-state index in [1.807, 2.05) is 37.4 Å². The van der Waals surface area contributed by atoms with Crippen molar-refractivity contribution in [3.63, 3.8) is 0 Å². The molecule has 0 aliphatic rings. The maximum atomic E-state index is 11.9. The number of fused-ring (bicyclic) bond motifs is 1. The van der Waals surface area contributed by atoms with Crippen molar-refractivity contribution in [3.8, 4) is 0 Å². The summed E-state index contributed by atoms with van der Waals surface area (Å²) in [4.78, 5) is 10.0. The summed E-state index contributed by atoms with van der Waals surface area (Å²) >= 11 is 14.3. The van der Waals surface area contributed by atoms with Gasteiger partial charge in [-0.3, -0.25) is 4.98 Å². The van der Waals surface area contributed by atoms with Crippen molar-refractivity contribution in [2.24, 2.45) is 0 Å². The molecule has 0 aliphatic heterocycles. The van der Waals surface area contributed by atoms with Gasteiger partial charge in [-0.15, -0.1) is 11.8 Å². The van der Waals surface area contributed by atoms with Crippen LogP contribution in [0.15, 0.2) is 66.1 Å². The van der Waals surface area contributed by atoms with E-state index in [1.165, 1.54) is 11.2 Å². The zero-order valence-electron chi connectivity index (χ0n) is 16.5. The van der Waals surface area contributed by atoms with E-state index in [-0.39, 0.29) is 12.5 Å². The van der Waals surface area contributed by atoms with Crippen molar-refractivity contribution in [2.45, 2.75) is 29.9 Å². The Balaban J connectivity index is 1.80. The van der Waals surface area contributed by atoms with Gasteiger partial charge in [-0.2, -0.15) is 5.10 Å². The van der Waals surface area contributed by atoms with Gasteiger partial charge in [-0.25, -0.2) is 9.67 Å². The minimum Gasteiger partial charge on any atom is -0.382 e. The Kier molecular flexibility index (Phi) is 6.02. The maximum absolute atomic E-state index is 11.9. The van der Waals surface area contributed by atoms with Crippen LogP contribution in [-0.2, 0) is 12.1 Å². The summed E-state index contributed by atoms with van der Waals surface area (Å²) in [5.41, 5.74) is 0.821. The summed E-state index contributed by atoms with van der Waals surface area (Å²) in [7, 11) is 0. The molecule has 2 aromatic heterocycles. The zero-order valence-corrected chi connectivity index (χ0v) is 18.8. The van der Waals surface area contributed by atoms with Gasteiger partial charge in [0, 0.05) is 37.5 Å². The highest BCUT2D eigenvalue weighted by Crippen LogP contribution is 2.41. The van der Waals surface area contributed by atoms with Crippen LogP contribution in [0.4, 0.5) is 0 Å². The Morgan fingerprint density at radius 2 is 1.97 bits per heavy atom. The van der Waals surface area contributed by atoms with Crippen molar-refractivity contribution in [2.75, 3.05) is 6.26 Å². The molecule has 8 heteroatoms. The van der Waals surface area contributed by atoms with Gasteiger partial charge in [0.05, 0.1) is 12.1 Å². The average Bonchev–Trinajstić information content (AvgIpc) is 3.25. The van der Waals surface area contributed by atoms with Crippen LogP contribution in [0.3, 0.4) is 0 Å². The van der Waals surface area contributed by atoms with Crippen molar-refractivity contribution < 1.29 is 5.11 Å². The lowest BCUT2D eigenvalue weighted by atomic mass is 9.80. The Labute approximate surface area is 189 Å². The highest BCUT2D eigenvalue weighted by atomic mass is 35.5. The van der Waals surface area contributed by atoms with E-state index in [0.29, 0.717) is 15.6 Å². The molecule has 2 heterocycles. The van der Waals surface area contributed by atoms with Crippen LogP contribution in [0.25, 0.3) is 10.9 Å². The first kappa shape index (κ1) is 21.1. The molecule has 0 aliphatic carbocycles. The van der Waals surface area contributed by atoms with Gasteiger partial charge in [-0.05, 0) is 42.7 Å². The van der Waals surface area contributed by atoms with Crippen LogP contribution in [-0.4, -0.2) is 31.1 Å². The number of aliphatic hydroxyl groups is 1. The Morgan fingerprint density at radius 1 is 1.13 bits per heavy atom. The highest BCUT2D eigenvalue weighted by molar-refractivity contribution is 7.98. The third-order valence-corrected chi connectivity index (χ3v) is 6.62. The van der Waals surface area contributed by atoms with Crippen molar-refractivity contribution >= 4 is 45.9 Å². The molecule has 0 amide bonds. The minimum atomic E-state index is -1.38. The van der Waals surface area contributed by atoms with E-state index >= 15 is 0 Å². The fraction of sp³-hybridized carbons (Fsp3) is 0.227. The van der Waals surface area contributed by atoms with Crippen LogP contribution in [0, 0.1) is 0 Å². The zero-order chi connectivity index (χ0) is 21.3. The molecule has 0 bridgehead atoms. The summed E-state index contributed by atoms with van der Waals surface area (Å²) in [6.45, 7) is 2.10. The topological polar surface area (TPSA) is 63.8 Å². The van der Waals surface area contributed by atoms with Crippen LogP contribution in [0.5, 0.6) is 0 Å². The van der Waals surface area contributed by atoms with Gasteiger partial charge in [-0.1, -0.05) is 42.3 Å². The first-order valence-electron chi connectivity index (χ1n) is 9.36. The fourth-order valence-corrected chi connectivity index (χ4v) is 4.61. The fourth-order valence-electron chi connectivity index (χ4n) is 3.59. The van der Waals surface area contributed by atoms with Gasteiger partial charge < -0.3 is 5.11 Å². The molecular formula is C22H20Cl2N4OS. The predicted molar refractivity (Wildman–Crippen MR) is 122 cm³/mol. The molecule has 30 heavy (non-hydrogen) atoms. The lowest BCUT2D eigenvalue weighted by Gasteiger charge is -2.35. The molecule has 2 unspecified atom stereocenters. The summed E-state index contributed by atoms with van der Waals surface area (Å²) in [5.74, 6) is -0.384. The molecule has 0 saturated carbocycles. The van der Waals surface area contributed by atoms with Gasteiger partial charge in [0.2, 0.25) is 0 Å². The molecule has 154 valence electrons. The SMILES string of the molecule is CSc1ccc2nc(C(C)C(O)(Cn3cncn3)c3ccc(Cl)cc3Cl)ccc2c1. The van der Waals surface area contributed by atoms with Crippen LogP contribution >= 0.6 is 35.0 Å². The molecule has 1 N–H and O–H groups in total. The van der Waals surface area contributed by atoms with Gasteiger partial charge in [0.1, 0.15) is 18.3 Å². The van der Waals surface area contributed by atoms with E-state index in [1.54, 1.807) is 41.0 Å². The number of benzene rings is 2. The minimum absolute atomic E-state index is 0.167. The van der Waals surface area contributed by atoms with Gasteiger partial charge in [0.15, 0.2) is 0 Å². The van der Waals surface area contributed by atoms with Crippen molar-refractivity contribution in [3.05, 3.63) is 82.5 Å². The highest BCUT2D eigenvalue weighted by Gasteiger charge is 2.40. The Morgan fingerprint density at radius 3 is 2.67 bits per heavy atom. The molecule has 4 aromatic rings. The van der Waals surface area contributed by atoms with Gasteiger partial charge in [0.25, 0.3) is 0 Å². The second kappa shape index (κ2) is 8.55. The Bertz CT molecular complexity index is 1190.